The maximum absolute atomic E-state index is 6.08. The number of nitrogens with zero attached hydrogens (tertiary/aromatic N) is 2. The summed E-state index contributed by atoms with van der Waals surface area (Å²) in [4.78, 5) is 5.01. The Hall–Kier alpha value is -0.770. The number of piperazine rings is 1. The number of benzene rings is 1. The van der Waals surface area contributed by atoms with Gasteiger partial charge in [-0.25, -0.2) is 0 Å². The summed E-state index contributed by atoms with van der Waals surface area (Å²) in [5.41, 5.74) is 1.25. The Morgan fingerprint density at radius 3 is 2.48 bits per heavy atom. The number of nitrogens with one attached hydrogen (secondary N) is 1. The summed E-state index contributed by atoms with van der Waals surface area (Å²) in [5, 5.41) is 4.35. The fourth-order valence-corrected chi connectivity index (χ4v) is 2.99. The molecule has 21 heavy (non-hydrogen) atoms. The van der Waals surface area contributed by atoms with Gasteiger partial charge in [0.05, 0.1) is 0 Å². The van der Waals surface area contributed by atoms with Crippen LogP contribution >= 0.6 is 11.6 Å². The van der Waals surface area contributed by atoms with Crippen LogP contribution in [0.3, 0.4) is 0 Å². The lowest BCUT2D eigenvalue weighted by Gasteiger charge is -2.37. The quantitative estimate of drug-likeness (QED) is 0.871. The fourth-order valence-electron chi connectivity index (χ4n) is 2.80. The third-order valence-corrected chi connectivity index (χ3v) is 4.23. The molecule has 0 saturated carbocycles. The standard InChI is InChI=1S/C17H28ClN3/c1-14(2)19-12-15(3)13-20-7-9-21(10-8-20)17-6-4-5-16(18)11-17/h4-6,11,14-15,19H,7-10,12-13H2,1-3H3. The van der Waals surface area contributed by atoms with Crippen molar-refractivity contribution in [3.05, 3.63) is 29.3 Å². The Labute approximate surface area is 134 Å². The lowest BCUT2D eigenvalue weighted by Crippen LogP contribution is -2.48. The lowest BCUT2D eigenvalue weighted by molar-refractivity contribution is 0.221. The van der Waals surface area contributed by atoms with E-state index < -0.39 is 0 Å². The second-order valence-corrected chi connectivity index (χ2v) is 6.87. The molecule has 1 fully saturated rings. The summed E-state index contributed by atoms with van der Waals surface area (Å²) >= 11 is 6.08. The minimum absolute atomic E-state index is 0.576. The van der Waals surface area contributed by atoms with Gasteiger partial charge in [-0.3, -0.25) is 4.90 Å². The van der Waals surface area contributed by atoms with Crippen LogP contribution in [0.5, 0.6) is 0 Å². The number of halogens is 1. The molecule has 1 aromatic rings. The third-order valence-electron chi connectivity index (χ3n) is 3.99. The SMILES string of the molecule is CC(CNC(C)C)CN1CCN(c2cccc(Cl)c2)CC1. The van der Waals surface area contributed by atoms with E-state index in [1.807, 2.05) is 12.1 Å². The van der Waals surface area contributed by atoms with E-state index in [4.69, 9.17) is 11.6 Å². The summed E-state index contributed by atoms with van der Waals surface area (Å²) in [6.45, 7) is 13.5. The molecule has 0 bridgehead atoms. The minimum Gasteiger partial charge on any atom is -0.369 e. The predicted molar refractivity (Wildman–Crippen MR) is 92.4 cm³/mol. The average molecular weight is 310 g/mol. The summed E-state index contributed by atoms with van der Waals surface area (Å²) in [5.74, 6) is 0.699. The van der Waals surface area contributed by atoms with Gasteiger partial charge in [0.1, 0.15) is 0 Å². The third kappa shape index (κ3) is 5.50. The van der Waals surface area contributed by atoms with E-state index >= 15 is 0 Å². The molecule has 1 aliphatic rings. The van der Waals surface area contributed by atoms with Gasteiger partial charge in [-0.1, -0.05) is 38.4 Å². The molecule has 1 aliphatic heterocycles. The van der Waals surface area contributed by atoms with Gasteiger partial charge < -0.3 is 10.2 Å². The Morgan fingerprint density at radius 1 is 1.14 bits per heavy atom. The molecular formula is C17H28ClN3. The molecule has 2 rings (SSSR count). The number of rotatable bonds is 6. The normalized spacial score (nSPS) is 18.2. The highest BCUT2D eigenvalue weighted by atomic mass is 35.5. The second kappa shape index (κ2) is 8.02. The van der Waals surface area contributed by atoms with Gasteiger partial charge in [0.25, 0.3) is 0 Å². The highest BCUT2D eigenvalue weighted by molar-refractivity contribution is 6.30. The molecule has 4 heteroatoms. The summed E-state index contributed by atoms with van der Waals surface area (Å²) in [6.07, 6.45) is 0. The van der Waals surface area contributed by atoms with Crippen molar-refractivity contribution in [3.8, 4) is 0 Å². The zero-order valence-electron chi connectivity index (χ0n) is 13.5. The smallest absolute Gasteiger partial charge is 0.0426 e. The molecule has 0 amide bonds. The van der Waals surface area contributed by atoms with E-state index in [-0.39, 0.29) is 0 Å². The van der Waals surface area contributed by atoms with Gasteiger partial charge in [-0.15, -0.1) is 0 Å². The van der Waals surface area contributed by atoms with E-state index in [1.54, 1.807) is 0 Å². The molecular weight excluding hydrogens is 282 g/mol. The van der Waals surface area contributed by atoms with Gasteiger partial charge >= 0.3 is 0 Å². The van der Waals surface area contributed by atoms with Crippen molar-refractivity contribution >= 4 is 17.3 Å². The van der Waals surface area contributed by atoms with Crippen molar-refractivity contribution in [2.75, 3.05) is 44.2 Å². The molecule has 0 spiro atoms. The van der Waals surface area contributed by atoms with Crippen LogP contribution < -0.4 is 10.2 Å². The minimum atomic E-state index is 0.576. The van der Waals surface area contributed by atoms with Gasteiger partial charge in [0, 0.05) is 49.5 Å². The monoisotopic (exact) mass is 309 g/mol. The highest BCUT2D eigenvalue weighted by Crippen LogP contribution is 2.20. The molecule has 3 nitrogen and oxygen atoms in total. The van der Waals surface area contributed by atoms with Gasteiger partial charge in [-0.05, 0) is 30.7 Å². The van der Waals surface area contributed by atoms with Gasteiger partial charge in [0.2, 0.25) is 0 Å². The summed E-state index contributed by atoms with van der Waals surface area (Å²) in [7, 11) is 0. The van der Waals surface area contributed by atoms with Crippen LogP contribution in [0.25, 0.3) is 0 Å². The fraction of sp³-hybridized carbons (Fsp3) is 0.647. The second-order valence-electron chi connectivity index (χ2n) is 6.44. The van der Waals surface area contributed by atoms with Crippen molar-refractivity contribution < 1.29 is 0 Å². The summed E-state index contributed by atoms with van der Waals surface area (Å²) < 4.78 is 0. The Morgan fingerprint density at radius 2 is 1.86 bits per heavy atom. The Bertz CT molecular complexity index is 428. The van der Waals surface area contributed by atoms with Crippen molar-refractivity contribution in [1.82, 2.24) is 10.2 Å². The predicted octanol–water partition coefficient (Wildman–Crippen LogP) is 3.10. The van der Waals surface area contributed by atoms with Crippen molar-refractivity contribution in [2.45, 2.75) is 26.8 Å². The maximum atomic E-state index is 6.08. The lowest BCUT2D eigenvalue weighted by atomic mass is 10.1. The molecule has 0 aliphatic carbocycles. The average Bonchev–Trinajstić information content (AvgIpc) is 2.46. The zero-order valence-corrected chi connectivity index (χ0v) is 14.2. The van der Waals surface area contributed by atoms with Crippen LogP contribution in [0.1, 0.15) is 20.8 Å². The first-order chi connectivity index (χ1) is 10.0. The maximum Gasteiger partial charge on any atom is 0.0426 e. The van der Waals surface area contributed by atoms with Crippen LogP contribution in [0.4, 0.5) is 5.69 Å². The molecule has 0 radical (unpaired) electrons. The molecule has 118 valence electrons. The van der Waals surface area contributed by atoms with E-state index in [0.717, 1.165) is 37.7 Å². The van der Waals surface area contributed by atoms with Crippen LogP contribution in [0, 0.1) is 5.92 Å². The Kier molecular flexibility index (Phi) is 6.34. The highest BCUT2D eigenvalue weighted by Gasteiger charge is 2.18. The molecule has 1 saturated heterocycles. The largest absolute Gasteiger partial charge is 0.369 e. The topological polar surface area (TPSA) is 18.5 Å². The van der Waals surface area contributed by atoms with Gasteiger partial charge in [0.15, 0.2) is 0 Å². The van der Waals surface area contributed by atoms with Gasteiger partial charge in [-0.2, -0.15) is 0 Å². The molecule has 1 aromatic carbocycles. The van der Waals surface area contributed by atoms with E-state index in [2.05, 4.69) is 48.0 Å². The molecule has 1 unspecified atom stereocenters. The van der Waals surface area contributed by atoms with Crippen LogP contribution in [-0.4, -0.2) is 50.2 Å². The number of hydrogen-bond acceptors (Lipinski definition) is 3. The van der Waals surface area contributed by atoms with E-state index in [9.17, 15) is 0 Å². The van der Waals surface area contributed by atoms with Crippen molar-refractivity contribution in [1.29, 1.82) is 0 Å². The van der Waals surface area contributed by atoms with Crippen LogP contribution in [0.15, 0.2) is 24.3 Å². The molecule has 0 aromatic heterocycles. The first-order valence-corrected chi connectivity index (χ1v) is 8.38. The molecule has 1 N–H and O–H groups in total. The zero-order chi connectivity index (χ0) is 15.2. The van der Waals surface area contributed by atoms with Crippen molar-refractivity contribution in [2.24, 2.45) is 5.92 Å². The van der Waals surface area contributed by atoms with Crippen LogP contribution in [-0.2, 0) is 0 Å². The van der Waals surface area contributed by atoms with E-state index in [0.29, 0.717) is 12.0 Å². The number of hydrogen-bond donors (Lipinski definition) is 1. The first kappa shape index (κ1) is 16.6. The van der Waals surface area contributed by atoms with Crippen molar-refractivity contribution in [3.63, 3.8) is 0 Å². The number of anilines is 1. The molecule has 1 heterocycles. The van der Waals surface area contributed by atoms with Crippen LogP contribution in [0.2, 0.25) is 5.02 Å². The first-order valence-electron chi connectivity index (χ1n) is 8.01. The Balaban J connectivity index is 1.75. The summed E-state index contributed by atoms with van der Waals surface area (Å²) in [6, 6.07) is 8.75. The molecule has 1 atom stereocenters. The van der Waals surface area contributed by atoms with E-state index in [1.165, 1.54) is 12.2 Å².